The fourth-order valence-electron chi connectivity index (χ4n) is 3.59. The van der Waals surface area contributed by atoms with Gasteiger partial charge in [0.15, 0.2) is 0 Å². The van der Waals surface area contributed by atoms with E-state index in [4.69, 9.17) is 13.8 Å². The highest BCUT2D eigenvalue weighted by molar-refractivity contribution is 7.69. The molecule has 0 aliphatic carbocycles. The lowest BCUT2D eigenvalue weighted by Crippen LogP contribution is -2.34. The summed E-state index contributed by atoms with van der Waals surface area (Å²) in [6, 6.07) is 5.84. The fraction of sp³-hybridized carbons (Fsp3) is 0.429. The zero-order chi connectivity index (χ0) is 22.9. The smallest absolute Gasteiger partial charge is 0.448 e. The van der Waals surface area contributed by atoms with E-state index in [2.05, 4.69) is 4.98 Å². The number of aryl methyl sites for hydroxylation is 2. The van der Waals surface area contributed by atoms with Gasteiger partial charge in [0, 0.05) is 18.1 Å². The number of benzene rings is 1. The highest BCUT2D eigenvalue weighted by Crippen LogP contribution is 2.61. The van der Waals surface area contributed by atoms with Crippen molar-refractivity contribution in [2.24, 2.45) is 11.8 Å². The number of pyridine rings is 1. The van der Waals surface area contributed by atoms with Crippen LogP contribution in [0.5, 0.6) is 0 Å². The SMILES string of the molecule is COC(=O)c1c(C)nc(C)c([P+]2(O)OCC(C(C)C)CO2)c1-c1cccc([N+](=O)[O-])c1. The van der Waals surface area contributed by atoms with Crippen LogP contribution in [0, 0.1) is 35.8 Å². The third kappa shape index (κ3) is 4.45. The summed E-state index contributed by atoms with van der Waals surface area (Å²) in [6.07, 6.45) is 0. The quantitative estimate of drug-likeness (QED) is 0.317. The maximum atomic E-state index is 12.7. The second-order valence-corrected chi connectivity index (χ2v) is 9.80. The first-order valence-corrected chi connectivity index (χ1v) is 11.4. The second kappa shape index (κ2) is 8.96. The predicted molar refractivity (Wildman–Crippen MR) is 116 cm³/mol. The highest BCUT2D eigenvalue weighted by atomic mass is 31.2. The molecule has 1 aromatic heterocycles. The lowest BCUT2D eigenvalue weighted by atomic mass is 9.97. The Morgan fingerprint density at radius 2 is 1.94 bits per heavy atom. The molecule has 1 aliphatic rings. The van der Waals surface area contributed by atoms with Crippen LogP contribution in [-0.2, 0) is 13.8 Å². The minimum atomic E-state index is -3.61. The number of esters is 1. The summed E-state index contributed by atoms with van der Waals surface area (Å²) in [7, 11) is -2.37. The van der Waals surface area contributed by atoms with E-state index in [1.54, 1.807) is 19.9 Å². The zero-order valence-corrected chi connectivity index (χ0v) is 19.0. The standard InChI is InChI=1S/C21H26N2O7P/c1-12(2)16-10-29-31(27,30-11-16)20-14(4)22-13(3)18(21(24)28-5)19(20)15-7-6-8-17(9-15)23(25)26/h6-9,12,16,27H,10-11H2,1-5H3/q+1. The third-order valence-corrected chi connectivity index (χ3v) is 7.52. The Bertz CT molecular complexity index is 1020. The van der Waals surface area contributed by atoms with Crippen LogP contribution in [0.15, 0.2) is 24.3 Å². The first-order chi connectivity index (χ1) is 14.6. The number of ether oxygens (including phenoxy) is 1. The molecule has 166 valence electrons. The molecule has 2 aromatic rings. The summed E-state index contributed by atoms with van der Waals surface area (Å²) >= 11 is 0. The van der Waals surface area contributed by atoms with Crippen LogP contribution in [0.25, 0.3) is 11.1 Å². The number of nitro benzene ring substituents is 1. The minimum Gasteiger partial charge on any atom is -0.465 e. The van der Waals surface area contributed by atoms with Crippen molar-refractivity contribution in [3.63, 3.8) is 0 Å². The maximum absolute atomic E-state index is 12.7. The first-order valence-electron chi connectivity index (χ1n) is 9.84. The molecule has 3 rings (SSSR count). The predicted octanol–water partition coefficient (Wildman–Crippen LogP) is 3.76. The Labute approximate surface area is 181 Å². The van der Waals surface area contributed by atoms with Crippen molar-refractivity contribution in [1.82, 2.24) is 4.98 Å². The molecule has 1 aromatic carbocycles. The van der Waals surface area contributed by atoms with Gasteiger partial charge in [0.25, 0.3) is 5.69 Å². The van der Waals surface area contributed by atoms with Gasteiger partial charge < -0.3 is 4.74 Å². The van der Waals surface area contributed by atoms with Gasteiger partial charge in [-0.05, 0) is 25.3 Å². The Kier molecular flexibility index (Phi) is 6.71. The largest absolute Gasteiger partial charge is 0.465 e. The Morgan fingerprint density at radius 1 is 1.29 bits per heavy atom. The van der Waals surface area contributed by atoms with Crippen LogP contribution in [0.1, 0.15) is 35.6 Å². The van der Waals surface area contributed by atoms with E-state index < -0.39 is 18.8 Å². The number of non-ortho nitro benzene ring substituents is 1. The summed E-state index contributed by atoms with van der Waals surface area (Å²) in [5.41, 5.74) is 1.39. The molecule has 10 heteroatoms. The first kappa shape index (κ1) is 23.2. The molecule has 0 bridgehead atoms. The van der Waals surface area contributed by atoms with Gasteiger partial charge in [-0.15, -0.1) is 0 Å². The molecular formula is C21H26N2O7P+. The van der Waals surface area contributed by atoms with Crippen molar-refractivity contribution in [2.75, 3.05) is 20.3 Å². The molecule has 0 spiro atoms. The van der Waals surface area contributed by atoms with Gasteiger partial charge in [-0.3, -0.25) is 15.1 Å². The maximum Gasteiger partial charge on any atom is 0.448 e. The number of methoxy groups -OCH3 is 1. The van der Waals surface area contributed by atoms with Crippen molar-refractivity contribution < 1.29 is 28.4 Å². The lowest BCUT2D eigenvalue weighted by molar-refractivity contribution is -0.384. The van der Waals surface area contributed by atoms with E-state index in [-0.39, 0.29) is 41.3 Å². The summed E-state index contributed by atoms with van der Waals surface area (Å²) in [4.78, 5) is 39.4. The van der Waals surface area contributed by atoms with Crippen LogP contribution in [0.3, 0.4) is 0 Å². The van der Waals surface area contributed by atoms with Crippen LogP contribution in [-0.4, -0.2) is 41.1 Å². The minimum absolute atomic E-state index is 0.107. The number of nitro groups is 1. The van der Waals surface area contributed by atoms with E-state index in [1.165, 1.54) is 25.3 Å². The number of rotatable bonds is 5. The Morgan fingerprint density at radius 3 is 2.48 bits per heavy atom. The van der Waals surface area contributed by atoms with Crippen molar-refractivity contribution >= 4 is 24.9 Å². The summed E-state index contributed by atoms with van der Waals surface area (Å²) in [5, 5.41) is 11.6. The van der Waals surface area contributed by atoms with Gasteiger partial charge in [-0.1, -0.05) is 26.0 Å². The summed E-state index contributed by atoms with van der Waals surface area (Å²) < 4.78 is 16.7. The van der Waals surface area contributed by atoms with Crippen LogP contribution in [0.2, 0.25) is 0 Å². The van der Waals surface area contributed by atoms with Gasteiger partial charge in [-0.25, -0.2) is 4.79 Å². The average molecular weight is 449 g/mol. The molecule has 9 nitrogen and oxygen atoms in total. The van der Waals surface area contributed by atoms with Crippen molar-refractivity contribution in [2.45, 2.75) is 27.7 Å². The van der Waals surface area contributed by atoms with Crippen molar-refractivity contribution in [3.8, 4) is 11.1 Å². The topological polar surface area (TPSA) is 121 Å². The molecule has 0 saturated carbocycles. The highest BCUT2D eigenvalue weighted by Gasteiger charge is 2.53. The van der Waals surface area contributed by atoms with E-state index in [9.17, 15) is 19.8 Å². The molecule has 31 heavy (non-hydrogen) atoms. The molecule has 1 saturated heterocycles. The molecule has 0 amide bonds. The Balaban J connectivity index is 2.28. The van der Waals surface area contributed by atoms with E-state index in [0.29, 0.717) is 22.9 Å². The number of hydrogen-bond donors (Lipinski definition) is 1. The van der Waals surface area contributed by atoms with Crippen molar-refractivity contribution in [1.29, 1.82) is 0 Å². The van der Waals surface area contributed by atoms with Crippen LogP contribution in [0.4, 0.5) is 5.69 Å². The summed E-state index contributed by atoms with van der Waals surface area (Å²) in [6.45, 7) is 7.99. The van der Waals surface area contributed by atoms with Gasteiger partial charge in [0.2, 0.25) is 5.30 Å². The molecule has 0 unspecified atom stereocenters. The van der Waals surface area contributed by atoms with Gasteiger partial charge in [-0.2, -0.15) is 13.9 Å². The van der Waals surface area contributed by atoms with Crippen LogP contribution >= 0.6 is 7.94 Å². The fourth-order valence-corrected chi connectivity index (χ4v) is 5.69. The normalized spacial score (nSPS) is 21.2. The van der Waals surface area contributed by atoms with Gasteiger partial charge in [0.1, 0.15) is 13.2 Å². The second-order valence-electron chi connectivity index (χ2n) is 7.80. The number of carbonyl (C=O) groups is 1. The van der Waals surface area contributed by atoms with Crippen molar-refractivity contribution in [3.05, 3.63) is 51.3 Å². The molecule has 1 N–H and O–H groups in total. The number of aromatic nitrogens is 1. The molecule has 1 fully saturated rings. The molecular weight excluding hydrogens is 423 g/mol. The van der Waals surface area contributed by atoms with Gasteiger partial charge >= 0.3 is 13.9 Å². The number of nitrogens with zero attached hydrogens (tertiary/aromatic N) is 2. The molecule has 2 heterocycles. The molecule has 0 radical (unpaired) electrons. The monoisotopic (exact) mass is 449 g/mol. The lowest BCUT2D eigenvalue weighted by Gasteiger charge is -2.30. The summed E-state index contributed by atoms with van der Waals surface area (Å²) in [5.74, 6) is -0.260. The zero-order valence-electron chi connectivity index (χ0n) is 18.1. The van der Waals surface area contributed by atoms with Gasteiger partial charge in [0.05, 0.1) is 34.5 Å². The van der Waals surface area contributed by atoms with E-state index in [1.807, 2.05) is 13.8 Å². The van der Waals surface area contributed by atoms with E-state index >= 15 is 0 Å². The van der Waals surface area contributed by atoms with Crippen LogP contribution < -0.4 is 5.30 Å². The van der Waals surface area contributed by atoms with E-state index in [0.717, 1.165) is 0 Å². The average Bonchev–Trinajstić information content (AvgIpc) is 2.72. The number of carbonyl (C=O) groups excluding carboxylic acids is 1. The third-order valence-electron chi connectivity index (χ3n) is 5.41. The Hall–Kier alpha value is -2.45. The molecule has 0 atom stereocenters. The molecule has 1 aliphatic heterocycles. The number of hydrogen-bond acceptors (Lipinski definition) is 8.